The molecule has 1 aromatic heterocycles. The number of nitrogens with zero attached hydrogens (tertiary/aromatic N) is 1. The van der Waals surface area contributed by atoms with E-state index in [0.717, 1.165) is 12.1 Å². The van der Waals surface area contributed by atoms with E-state index in [1.807, 2.05) is 6.92 Å². The molecule has 4 nitrogen and oxygen atoms in total. The molecule has 0 aliphatic rings. The maximum atomic E-state index is 11.6. The van der Waals surface area contributed by atoms with Gasteiger partial charge in [-0.3, -0.25) is 4.98 Å². The molecule has 0 saturated carbocycles. The molecule has 0 amide bonds. The molecular weight excluding hydrogens is 224 g/mol. The van der Waals surface area contributed by atoms with E-state index in [9.17, 15) is 8.42 Å². The first-order valence-corrected chi connectivity index (χ1v) is 7.09. The standard InChI is InChI=1S/C11H18N2O2S/c1-4-9(3)13-10-6-11(8-12-7-10)16(14,15)5-2/h6-9,13H,4-5H2,1-3H3. The van der Waals surface area contributed by atoms with Gasteiger partial charge in [-0.25, -0.2) is 8.42 Å². The summed E-state index contributed by atoms with van der Waals surface area (Å²) < 4.78 is 23.3. The number of hydrogen-bond acceptors (Lipinski definition) is 4. The third-order valence-corrected chi connectivity index (χ3v) is 4.18. The van der Waals surface area contributed by atoms with Crippen molar-refractivity contribution in [1.29, 1.82) is 0 Å². The van der Waals surface area contributed by atoms with Gasteiger partial charge in [0.15, 0.2) is 9.84 Å². The Morgan fingerprint density at radius 2 is 2.06 bits per heavy atom. The molecule has 0 aromatic carbocycles. The molecule has 5 heteroatoms. The fraction of sp³-hybridized carbons (Fsp3) is 0.545. The first-order valence-electron chi connectivity index (χ1n) is 5.44. The van der Waals surface area contributed by atoms with Crippen molar-refractivity contribution in [2.45, 2.75) is 38.1 Å². The molecule has 1 unspecified atom stereocenters. The lowest BCUT2D eigenvalue weighted by atomic mass is 10.2. The molecule has 1 heterocycles. The number of hydrogen-bond donors (Lipinski definition) is 1. The van der Waals surface area contributed by atoms with Crippen molar-refractivity contribution in [3.63, 3.8) is 0 Å². The third-order valence-electron chi connectivity index (χ3n) is 2.48. The molecular formula is C11H18N2O2S. The minimum Gasteiger partial charge on any atom is -0.381 e. The van der Waals surface area contributed by atoms with E-state index >= 15 is 0 Å². The fourth-order valence-electron chi connectivity index (χ4n) is 1.22. The minimum atomic E-state index is -3.17. The van der Waals surface area contributed by atoms with Crippen molar-refractivity contribution in [3.05, 3.63) is 18.5 Å². The van der Waals surface area contributed by atoms with Crippen LogP contribution >= 0.6 is 0 Å². The number of nitrogens with one attached hydrogen (secondary N) is 1. The minimum absolute atomic E-state index is 0.0987. The number of pyridine rings is 1. The van der Waals surface area contributed by atoms with E-state index in [1.54, 1.807) is 19.2 Å². The van der Waals surface area contributed by atoms with E-state index in [1.165, 1.54) is 6.20 Å². The molecule has 16 heavy (non-hydrogen) atoms. The zero-order chi connectivity index (χ0) is 12.2. The molecule has 1 aromatic rings. The third kappa shape index (κ3) is 3.20. The summed E-state index contributed by atoms with van der Waals surface area (Å²) in [6, 6.07) is 1.94. The van der Waals surface area contributed by atoms with Crippen LogP contribution < -0.4 is 5.32 Å². The van der Waals surface area contributed by atoms with E-state index in [4.69, 9.17) is 0 Å². The maximum Gasteiger partial charge on any atom is 0.179 e. The summed E-state index contributed by atoms with van der Waals surface area (Å²) >= 11 is 0. The first kappa shape index (κ1) is 13.0. The van der Waals surface area contributed by atoms with E-state index in [0.29, 0.717) is 6.04 Å². The average Bonchev–Trinajstić information content (AvgIpc) is 2.29. The smallest absolute Gasteiger partial charge is 0.179 e. The van der Waals surface area contributed by atoms with Gasteiger partial charge < -0.3 is 5.32 Å². The molecule has 0 saturated heterocycles. The summed E-state index contributed by atoms with van der Waals surface area (Å²) in [5.41, 5.74) is 0.754. The number of sulfone groups is 1. The van der Waals surface area contributed by atoms with E-state index in [-0.39, 0.29) is 10.6 Å². The van der Waals surface area contributed by atoms with Gasteiger partial charge >= 0.3 is 0 Å². The topological polar surface area (TPSA) is 59.1 Å². The second kappa shape index (κ2) is 5.30. The van der Waals surface area contributed by atoms with Gasteiger partial charge in [0.2, 0.25) is 0 Å². The lowest BCUT2D eigenvalue weighted by Gasteiger charge is -2.13. The Bertz CT molecular complexity index is 443. The van der Waals surface area contributed by atoms with Crippen LogP contribution in [0.3, 0.4) is 0 Å². The number of anilines is 1. The monoisotopic (exact) mass is 242 g/mol. The Balaban J connectivity index is 2.96. The van der Waals surface area contributed by atoms with Gasteiger partial charge in [0.1, 0.15) is 0 Å². The lowest BCUT2D eigenvalue weighted by molar-refractivity contribution is 0.597. The average molecular weight is 242 g/mol. The molecule has 1 rings (SSSR count). The SMILES string of the molecule is CCC(C)Nc1cncc(S(=O)(=O)CC)c1. The first-order chi connectivity index (χ1) is 7.49. The predicted octanol–water partition coefficient (Wildman–Crippen LogP) is 2.09. The second-order valence-electron chi connectivity index (χ2n) is 3.77. The van der Waals surface area contributed by atoms with Crippen LogP contribution in [0.1, 0.15) is 27.2 Å². The highest BCUT2D eigenvalue weighted by molar-refractivity contribution is 7.91. The molecule has 1 atom stereocenters. The lowest BCUT2D eigenvalue weighted by Crippen LogP contribution is -2.14. The Kier molecular flexibility index (Phi) is 4.29. The summed E-state index contributed by atoms with van der Waals surface area (Å²) in [5, 5.41) is 3.20. The second-order valence-corrected chi connectivity index (χ2v) is 6.04. The molecule has 1 N–H and O–H groups in total. The van der Waals surface area contributed by atoms with Gasteiger partial charge in [-0.1, -0.05) is 13.8 Å². The van der Waals surface area contributed by atoms with Crippen LogP contribution in [0.4, 0.5) is 5.69 Å². The van der Waals surface area contributed by atoms with Crippen molar-refractivity contribution < 1.29 is 8.42 Å². The Labute approximate surface area is 97.0 Å². The predicted molar refractivity (Wildman–Crippen MR) is 65.3 cm³/mol. The van der Waals surface area contributed by atoms with Crippen molar-refractivity contribution in [1.82, 2.24) is 4.98 Å². The van der Waals surface area contributed by atoms with Crippen molar-refractivity contribution in [2.24, 2.45) is 0 Å². The quantitative estimate of drug-likeness (QED) is 0.859. The van der Waals surface area contributed by atoms with Crippen molar-refractivity contribution in [3.8, 4) is 0 Å². The zero-order valence-corrected chi connectivity index (χ0v) is 10.7. The van der Waals surface area contributed by atoms with Gasteiger partial charge in [0, 0.05) is 12.2 Å². The highest BCUT2D eigenvalue weighted by Gasteiger charge is 2.12. The van der Waals surface area contributed by atoms with Gasteiger partial charge in [0.25, 0.3) is 0 Å². The summed E-state index contributed by atoms with van der Waals surface area (Å²) in [6.07, 6.45) is 4.01. The van der Waals surface area contributed by atoms with Gasteiger partial charge in [-0.15, -0.1) is 0 Å². The number of rotatable bonds is 5. The zero-order valence-electron chi connectivity index (χ0n) is 9.90. The molecule has 0 bridgehead atoms. The van der Waals surface area contributed by atoms with Crippen molar-refractivity contribution in [2.75, 3.05) is 11.1 Å². The molecule has 0 radical (unpaired) electrons. The Morgan fingerprint density at radius 1 is 1.38 bits per heavy atom. The number of aromatic nitrogens is 1. The molecule has 90 valence electrons. The normalized spacial score (nSPS) is 13.4. The van der Waals surface area contributed by atoms with E-state index in [2.05, 4.69) is 17.2 Å². The van der Waals surface area contributed by atoms with Crippen LogP contribution in [0.25, 0.3) is 0 Å². The van der Waals surface area contributed by atoms with Gasteiger partial charge in [-0.2, -0.15) is 0 Å². The molecule has 0 spiro atoms. The van der Waals surface area contributed by atoms with Crippen LogP contribution in [0.5, 0.6) is 0 Å². The van der Waals surface area contributed by atoms with Crippen LogP contribution in [0.15, 0.2) is 23.4 Å². The van der Waals surface area contributed by atoms with E-state index < -0.39 is 9.84 Å². The summed E-state index contributed by atoms with van der Waals surface area (Å²) in [6.45, 7) is 5.74. The fourth-order valence-corrected chi connectivity index (χ4v) is 2.08. The van der Waals surface area contributed by atoms with Crippen molar-refractivity contribution >= 4 is 15.5 Å². The summed E-state index contributed by atoms with van der Waals surface area (Å²) in [4.78, 5) is 4.23. The van der Waals surface area contributed by atoms with Crippen LogP contribution in [-0.4, -0.2) is 25.2 Å². The highest BCUT2D eigenvalue weighted by Crippen LogP contribution is 2.16. The Morgan fingerprint density at radius 3 is 2.62 bits per heavy atom. The van der Waals surface area contributed by atoms with Gasteiger partial charge in [-0.05, 0) is 19.4 Å². The highest BCUT2D eigenvalue weighted by atomic mass is 32.2. The maximum absolute atomic E-state index is 11.6. The molecule has 0 aliphatic carbocycles. The summed E-state index contributed by atoms with van der Waals surface area (Å²) in [5.74, 6) is 0.0987. The van der Waals surface area contributed by atoms with Gasteiger partial charge in [0.05, 0.1) is 22.5 Å². The molecule has 0 fully saturated rings. The van der Waals surface area contributed by atoms with Crippen LogP contribution in [0, 0.1) is 0 Å². The van der Waals surface area contributed by atoms with Crippen LogP contribution in [-0.2, 0) is 9.84 Å². The molecule has 0 aliphatic heterocycles. The Hall–Kier alpha value is -1.10. The largest absolute Gasteiger partial charge is 0.381 e. The van der Waals surface area contributed by atoms with Crippen LogP contribution in [0.2, 0.25) is 0 Å². The summed E-state index contributed by atoms with van der Waals surface area (Å²) in [7, 11) is -3.17.